The first-order valence-electron chi connectivity index (χ1n) is 9.96. The minimum atomic E-state index is -0.114. The van der Waals surface area contributed by atoms with Crippen LogP contribution >= 0.6 is 11.6 Å². The van der Waals surface area contributed by atoms with E-state index in [1.54, 1.807) is 37.4 Å². The molecule has 3 aromatic rings. The molecule has 5 heteroatoms. The van der Waals surface area contributed by atoms with Crippen LogP contribution in [0.25, 0.3) is 0 Å². The fraction of sp³-hybridized carbons (Fsp3) is 0.240. The number of carbonyl (C=O) groups excluding carboxylic acids is 1. The molecule has 3 rings (SSSR count). The van der Waals surface area contributed by atoms with Gasteiger partial charge in [-0.2, -0.15) is 0 Å². The molecule has 3 aromatic carbocycles. The number of ether oxygens (including phenoxy) is 2. The van der Waals surface area contributed by atoms with Crippen LogP contribution in [0.15, 0.2) is 72.8 Å². The molecule has 0 aromatic heterocycles. The van der Waals surface area contributed by atoms with E-state index in [2.05, 4.69) is 17.4 Å². The van der Waals surface area contributed by atoms with Crippen LogP contribution < -0.4 is 14.8 Å². The van der Waals surface area contributed by atoms with E-state index in [4.69, 9.17) is 21.1 Å². The minimum absolute atomic E-state index is 0.0580. The largest absolute Gasteiger partial charge is 0.496 e. The third kappa shape index (κ3) is 6.01. The van der Waals surface area contributed by atoms with Crippen molar-refractivity contribution in [3.8, 4) is 11.5 Å². The lowest BCUT2D eigenvalue weighted by molar-refractivity contribution is 0.0938. The van der Waals surface area contributed by atoms with Crippen LogP contribution in [0.2, 0.25) is 5.02 Å². The Balaban J connectivity index is 1.62. The van der Waals surface area contributed by atoms with Crippen LogP contribution in [0, 0.1) is 0 Å². The summed E-state index contributed by atoms with van der Waals surface area (Å²) in [6.07, 6.45) is 1.79. The number of methoxy groups -OCH3 is 1. The second kappa shape index (κ2) is 10.7. The van der Waals surface area contributed by atoms with E-state index in [9.17, 15) is 4.79 Å². The Bertz CT molecular complexity index is 975. The Morgan fingerprint density at radius 3 is 2.47 bits per heavy atom. The summed E-state index contributed by atoms with van der Waals surface area (Å²) >= 11 is 6.16. The first kappa shape index (κ1) is 21.7. The highest BCUT2D eigenvalue weighted by atomic mass is 35.5. The molecule has 0 radical (unpaired) electrons. The number of carbonyl (C=O) groups is 1. The quantitative estimate of drug-likeness (QED) is 0.481. The molecule has 4 nitrogen and oxygen atoms in total. The molecule has 0 unspecified atom stereocenters. The Hall–Kier alpha value is -2.98. The minimum Gasteiger partial charge on any atom is -0.496 e. The van der Waals surface area contributed by atoms with Gasteiger partial charge in [-0.3, -0.25) is 4.79 Å². The molecule has 0 fully saturated rings. The van der Waals surface area contributed by atoms with Gasteiger partial charge in [0, 0.05) is 17.2 Å². The molecule has 1 atom stereocenters. The van der Waals surface area contributed by atoms with Crippen molar-refractivity contribution in [1.29, 1.82) is 0 Å². The van der Waals surface area contributed by atoms with Gasteiger partial charge >= 0.3 is 0 Å². The molecule has 30 heavy (non-hydrogen) atoms. The molecule has 1 amide bonds. The van der Waals surface area contributed by atoms with Gasteiger partial charge in [0.2, 0.25) is 0 Å². The van der Waals surface area contributed by atoms with Crippen molar-refractivity contribution in [2.24, 2.45) is 0 Å². The first-order valence-corrected chi connectivity index (χ1v) is 10.3. The fourth-order valence-electron chi connectivity index (χ4n) is 3.16. The zero-order valence-electron chi connectivity index (χ0n) is 17.2. The molecule has 0 saturated carbocycles. The highest BCUT2D eigenvalue weighted by molar-refractivity contribution is 6.32. The summed E-state index contributed by atoms with van der Waals surface area (Å²) in [5, 5.41) is 3.61. The number of halogens is 1. The first-order chi connectivity index (χ1) is 14.6. The summed E-state index contributed by atoms with van der Waals surface area (Å²) in [4.78, 5) is 12.7. The van der Waals surface area contributed by atoms with Gasteiger partial charge < -0.3 is 14.8 Å². The summed E-state index contributed by atoms with van der Waals surface area (Å²) in [5.74, 6) is 1.14. The van der Waals surface area contributed by atoms with Crippen molar-refractivity contribution in [3.05, 3.63) is 94.5 Å². The molecular weight excluding hydrogens is 398 g/mol. The number of hydrogen-bond acceptors (Lipinski definition) is 3. The van der Waals surface area contributed by atoms with Crippen molar-refractivity contribution < 1.29 is 14.3 Å². The van der Waals surface area contributed by atoms with Gasteiger partial charge in [0.25, 0.3) is 5.91 Å². The van der Waals surface area contributed by atoms with E-state index < -0.39 is 0 Å². The van der Waals surface area contributed by atoms with Gasteiger partial charge in [-0.15, -0.1) is 0 Å². The topological polar surface area (TPSA) is 47.6 Å². The van der Waals surface area contributed by atoms with Gasteiger partial charge in [0.1, 0.15) is 18.1 Å². The van der Waals surface area contributed by atoms with E-state index in [1.807, 2.05) is 37.3 Å². The standard InChI is InChI=1S/C25H26ClNO3/c1-18(12-13-19-8-4-3-5-9-19)27-25(28)20-14-15-23(29-2)21(16-20)17-30-24-11-7-6-10-22(24)26/h3-11,14-16,18H,12-13,17H2,1-2H3,(H,27,28)/t18-/m1/s1. The molecule has 0 aliphatic heterocycles. The van der Waals surface area contributed by atoms with Crippen LogP contribution in [0.3, 0.4) is 0 Å². The maximum absolute atomic E-state index is 12.7. The summed E-state index contributed by atoms with van der Waals surface area (Å²) < 4.78 is 11.2. The van der Waals surface area contributed by atoms with Gasteiger partial charge in [0.05, 0.1) is 12.1 Å². The molecule has 156 valence electrons. The van der Waals surface area contributed by atoms with Crippen LogP contribution in [0.4, 0.5) is 0 Å². The number of amides is 1. The summed E-state index contributed by atoms with van der Waals surface area (Å²) in [6.45, 7) is 2.27. The van der Waals surface area contributed by atoms with E-state index in [1.165, 1.54) is 5.56 Å². The van der Waals surface area contributed by atoms with E-state index >= 15 is 0 Å². The van der Waals surface area contributed by atoms with E-state index in [-0.39, 0.29) is 18.6 Å². The highest BCUT2D eigenvalue weighted by Crippen LogP contribution is 2.27. The predicted octanol–water partition coefficient (Wildman–Crippen LogP) is 5.68. The summed E-state index contributed by atoms with van der Waals surface area (Å²) in [5.41, 5.74) is 2.61. The molecule has 0 heterocycles. The lowest BCUT2D eigenvalue weighted by Crippen LogP contribution is -2.33. The normalized spacial score (nSPS) is 11.6. The van der Waals surface area contributed by atoms with E-state index in [0.717, 1.165) is 18.4 Å². The maximum Gasteiger partial charge on any atom is 0.251 e. The number of benzene rings is 3. The van der Waals surface area contributed by atoms with Crippen LogP contribution in [0.5, 0.6) is 11.5 Å². The average Bonchev–Trinajstić information content (AvgIpc) is 2.77. The number of aryl methyl sites for hydroxylation is 1. The predicted molar refractivity (Wildman–Crippen MR) is 120 cm³/mol. The Labute approximate surface area is 182 Å². The lowest BCUT2D eigenvalue weighted by atomic mass is 10.1. The van der Waals surface area contributed by atoms with Crippen LogP contribution in [-0.2, 0) is 13.0 Å². The third-order valence-corrected chi connectivity index (χ3v) is 5.16. The molecule has 0 spiro atoms. The lowest BCUT2D eigenvalue weighted by Gasteiger charge is -2.16. The van der Waals surface area contributed by atoms with Gasteiger partial charge in [0.15, 0.2) is 0 Å². The second-order valence-corrected chi connectivity index (χ2v) is 7.55. The highest BCUT2D eigenvalue weighted by Gasteiger charge is 2.14. The molecular formula is C25H26ClNO3. The molecule has 0 bridgehead atoms. The number of para-hydroxylation sites is 1. The Morgan fingerprint density at radius 1 is 1.00 bits per heavy atom. The second-order valence-electron chi connectivity index (χ2n) is 7.14. The molecule has 0 aliphatic rings. The van der Waals surface area contributed by atoms with Gasteiger partial charge in [-0.05, 0) is 55.7 Å². The average molecular weight is 424 g/mol. The van der Waals surface area contributed by atoms with Crippen molar-refractivity contribution in [3.63, 3.8) is 0 Å². The maximum atomic E-state index is 12.7. The van der Waals surface area contributed by atoms with Gasteiger partial charge in [-0.1, -0.05) is 54.1 Å². The van der Waals surface area contributed by atoms with E-state index in [0.29, 0.717) is 22.1 Å². The van der Waals surface area contributed by atoms with Gasteiger partial charge in [-0.25, -0.2) is 0 Å². The van der Waals surface area contributed by atoms with Crippen molar-refractivity contribution in [1.82, 2.24) is 5.32 Å². The number of nitrogens with one attached hydrogen (secondary N) is 1. The van der Waals surface area contributed by atoms with Crippen molar-refractivity contribution >= 4 is 17.5 Å². The molecule has 0 aliphatic carbocycles. The van der Waals surface area contributed by atoms with Crippen LogP contribution in [-0.4, -0.2) is 19.1 Å². The molecule has 1 N–H and O–H groups in total. The zero-order valence-corrected chi connectivity index (χ0v) is 18.0. The third-order valence-electron chi connectivity index (χ3n) is 4.85. The SMILES string of the molecule is COc1ccc(C(=O)N[C@H](C)CCc2ccccc2)cc1COc1ccccc1Cl. The van der Waals surface area contributed by atoms with Crippen molar-refractivity contribution in [2.45, 2.75) is 32.4 Å². The Morgan fingerprint density at radius 2 is 1.73 bits per heavy atom. The fourth-order valence-corrected chi connectivity index (χ4v) is 3.35. The van der Waals surface area contributed by atoms with Crippen LogP contribution in [0.1, 0.15) is 34.8 Å². The zero-order chi connectivity index (χ0) is 21.3. The smallest absolute Gasteiger partial charge is 0.251 e. The monoisotopic (exact) mass is 423 g/mol. The number of hydrogen-bond donors (Lipinski definition) is 1. The number of rotatable bonds is 9. The molecule has 0 saturated heterocycles. The summed E-state index contributed by atoms with van der Waals surface area (Å²) in [7, 11) is 1.60. The summed E-state index contributed by atoms with van der Waals surface area (Å²) in [6, 6.07) is 23.0. The Kier molecular flexibility index (Phi) is 7.75. The van der Waals surface area contributed by atoms with Crippen molar-refractivity contribution in [2.75, 3.05) is 7.11 Å².